The number of thiophene rings is 1. The molecule has 0 spiro atoms. The summed E-state index contributed by atoms with van der Waals surface area (Å²) in [6.45, 7) is 0. The summed E-state index contributed by atoms with van der Waals surface area (Å²) in [6, 6.07) is 6.39. The van der Waals surface area contributed by atoms with E-state index < -0.39 is 12.1 Å². The van der Waals surface area contributed by atoms with Gasteiger partial charge >= 0.3 is 5.97 Å². The van der Waals surface area contributed by atoms with Crippen molar-refractivity contribution in [2.24, 2.45) is 0 Å². The average Bonchev–Trinajstić information content (AvgIpc) is 2.95. The van der Waals surface area contributed by atoms with Gasteiger partial charge in [-0.15, -0.1) is 11.3 Å². The summed E-state index contributed by atoms with van der Waals surface area (Å²) in [5, 5.41) is 9.98. The molecule has 0 bridgehead atoms. The first-order valence-corrected chi connectivity index (χ1v) is 5.92. The smallest absolute Gasteiger partial charge is 0.373 e. The zero-order chi connectivity index (χ0) is 12.4. The Labute approximate surface area is 106 Å². The van der Waals surface area contributed by atoms with Crippen molar-refractivity contribution in [1.82, 2.24) is 0 Å². The molecular weight excluding hydrogens is 264 g/mol. The van der Waals surface area contributed by atoms with Gasteiger partial charge in [-0.25, -0.2) is 4.79 Å². The van der Waals surface area contributed by atoms with Gasteiger partial charge in [-0.1, -0.05) is 11.6 Å². The number of esters is 1. The molecule has 0 aliphatic heterocycles. The predicted octanol–water partition coefficient (Wildman–Crippen LogP) is 2.86. The fraction of sp³-hybridized carbons (Fsp3) is 0.182. The zero-order valence-electron chi connectivity index (χ0n) is 8.84. The highest BCUT2D eigenvalue weighted by molar-refractivity contribution is 7.16. The SMILES string of the molecule is COC(=O)c1ccc(C(O)c2ccc(Cl)s2)o1. The van der Waals surface area contributed by atoms with Crippen molar-refractivity contribution in [2.75, 3.05) is 7.11 Å². The average molecular weight is 273 g/mol. The van der Waals surface area contributed by atoms with Crippen LogP contribution in [0.25, 0.3) is 0 Å². The van der Waals surface area contributed by atoms with Crippen LogP contribution in [0.15, 0.2) is 28.7 Å². The lowest BCUT2D eigenvalue weighted by atomic mass is 10.2. The van der Waals surface area contributed by atoms with E-state index in [1.54, 1.807) is 12.1 Å². The molecule has 2 rings (SSSR count). The number of aliphatic hydroxyl groups excluding tert-OH is 1. The number of rotatable bonds is 3. The van der Waals surface area contributed by atoms with Crippen LogP contribution in [0.1, 0.15) is 27.3 Å². The molecule has 1 atom stereocenters. The number of carbonyl (C=O) groups is 1. The summed E-state index contributed by atoms with van der Waals surface area (Å²) in [6.07, 6.45) is -0.925. The Morgan fingerprint density at radius 3 is 2.82 bits per heavy atom. The standard InChI is InChI=1S/C11H9ClO4S/c1-15-11(14)7-3-2-6(16-7)10(13)8-4-5-9(12)17-8/h2-5,10,13H,1H3. The Bertz CT molecular complexity index is 531. The first kappa shape index (κ1) is 12.2. The lowest BCUT2D eigenvalue weighted by molar-refractivity contribution is 0.0558. The van der Waals surface area contributed by atoms with Crippen molar-refractivity contribution in [3.05, 3.63) is 45.0 Å². The van der Waals surface area contributed by atoms with Crippen molar-refractivity contribution in [2.45, 2.75) is 6.10 Å². The van der Waals surface area contributed by atoms with Crippen molar-refractivity contribution < 1.29 is 19.1 Å². The summed E-state index contributed by atoms with van der Waals surface area (Å²) >= 11 is 7.03. The van der Waals surface area contributed by atoms with Gasteiger partial charge in [0.1, 0.15) is 11.9 Å². The van der Waals surface area contributed by atoms with E-state index >= 15 is 0 Å². The minimum Gasteiger partial charge on any atom is -0.463 e. The number of carbonyl (C=O) groups excluding carboxylic acids is 1. The molecule has 0 amide bonds. The molecular formula is C11H9ClO4S. The monoisotopic (exact) mass is 272 g/mol. The number of aliphatic hydroxyl groups is 1. The van der Waals surface area contributed by atoms with E-state index in [0.717, 1.165) is 0 Å². The van der Waals surface area contributed by atoms with E-state index in [-0.39, 0.29) is 11.5 Å². The van der Waals surface area contributed by atoms with Gasteiger partial charge < -0.3 is 14.3 Å². The number of ether oxygens (including phenoxy) is 1. The van der Waals surface area contributed by atoms with Crippen molar-refractivity contribution in [3.8, 4) is 0 Å². The maximum atomic E-state index is 11.2. The van der Waals surface area contributed by atoms with Gasteiger partial charge in [0, 0.05) is 4.88 Å². The summed E-state index contributed by atoms with van der Waals surface area (Å²) < 4.78 is 10.3. The van der Waals surface area contributed by atoms with Gasteiger partial charge in [0.25, 0.3) is 0 Å². The molecule has 1 unspecified atom stereocenters. The van der Waals surface area contributed by atoms with E-state index in [4.69, 9.17) is 16.0 Å². The number of hydrogen-bond donors (Lipinski definition) is 1. The maximum absolute atomic E-state index is 11.2. The lowest BCUT2D eigenvalue weighted by Crippen LogP contribution is -1.99. The normalized spacial score (nSPS) is 12.4. The third-order valence-corrected chi connectivity index (χ3v) is 3.43. The quantitative estimate of drug-likeness (QED) is 0.873. The van der Waals surface area contributed by atoms with Crippen LogP contribution in [0.4, 0.5) is 0 Å². The predicted molar refractivity (Wildman–Crippen MR) is 63.4 cm³/mol. The Kier molecular flexibility index (Phi) is 3.51. The van der Waals surface area contributed by atoms with Gasteiger partial charge in [0.15, 0.2) is 0 Å². The number of methoxy groups -OCH3 is 1. The van der Waals surface area contributed by atoms with E-state index in [1.807, 2.05) is 0 Å². The van der Waals surface area contributed by atoms with Gasteiger partial charge in [0.2, 0.25) is 5.76 Å². The summed E-state index contributed by atoms with van der Waals surface area (Å²) in [5.41, 5.74) is 0. The molecule has 0 aliphatic rings. The van der Waals surface area contributed by atoms with Gasteiger partial charge in [0.05, 0.1) is 11.4 Å². The van der Waals surface area contributed by atoms with E-state index in [2.05, 4.69) is 4.74 Å². The topological polar surface area (TPSA) is 59.7 Å². The van der Waals surface area contributed by atoms with Gasteiger partial charge in [-0.05, 0) is 24.3 Å². The summed E-state index contributed by atoms with van der Waals surface area (Å²) in [4.78, 5) is 11.8. The van der Waals surface area contributed by atoms with E-state index in [1.165, 1.54) is 30.6 Å². The lowest BCUT2D eigenvalue weighted by Gasteiger charge is -2.03. The van der Waals surface area contributed by atoms with Crippen LogP contribution in [0.3, 0.4) is 0 Å². The molecule has 0 saturated heterocycles. The molecule has 4 nitrogen and oxygen atoms in total. The molecule has 0 fully saturated rings. The molecule has 0 aromatic carbocycles. The molecule has 1 N–H and O–H groups in total. The van der Waals surface area contributed by atoms with Gasteiger partial charge in [-0.2, -0.15) is 0 Å². The molecule has 0 aliphatic carbocycles. The molecule has 2 heterocycles. The fourth-order valence-corrected chi connectivity index (χ4v) is 2.38. The third kappa shape index (κ3) is 2.52. The van der Waals surface area contributed by atoms with Crippen molar-refractivity contribution >= 4 is 28.9 Å². The second-order valence-electron chi connectivity index (χ2n) is 3.24. The van der Waals surface area contributed by atoms with Crippen LogP contribution in [0.5, 0.6) is 0 Å². The molecule has 0 saturated carbocycles. The zero-order valence-corrected chi connectivity index (χ0v) is 10.4. The van der Waals surface area contributed by atoms with Crippen LogP contribution >= 0.6 is 22.9 Å². The van der Waals surface area contributed by atoms with Crippen LogP contribution in [0.2, 0.25) is 4.34 Å². The fourth-order valence-electron chi connectivity index (χ4n) is 1.33. The van der Waals surface area contributed by atoms with Crippen LogP contribution in [-0.4, -0.2) is 18.2 Å². The Morgan fingerprint density at radius 2 is 2.24 bits per heavy atom. The van der Waals surface area contributed by atoms with Crippen LogP contribution in [-0.2, 0) is 4.74 Å². The number of furan rings is 1. The molecule has 0 radical (unpaired) electrons. The summed E-state index contributed by atoms with van der Waals surface area (Å²) in [5.74, 6) is -0.235. The highest BCUT2D eigenvalue weighted by Crippen LogP contribution is 2.31. The van der Waals surface area contributed by atoms with Crippen LogP contribution < -0.4 is 0 Å². The molecule has 17 heavy (non-hydrogen) atoms. The Hall–Kier alpha value is -1.30. The number of halogens is 1. The Balaban J connectivity index is 2.23. The van der Waals surface area contributed by atoms with E-state index in [0.29, 0.717) is 9.21 Å². The first-order valence-electron chi connectivity index (χ1n) is 4.73. The highest BCUT2D eigenvalue weighted by Gasteiger charge is 2.19. The Morgan fingerprint density at radius 1 is 1.47 bits per heavy atom. The molecule has 2 aromatic heterocycles. The van der Waals surface area contributed by atoms with Crippen LogP contribution in [0, 0.1) is 0 Å². The largest absolute Gasteiger partial charge is 0.463 e. The second kappa shape index (κ2) is 4.91. The number of hydrogen-bond acceptors (Lipinski definition) is 5. The minimum absolute atomic E-state index is 0.0594. The second-order valence-corrected chi connectivity index (χ2v) is 4.98. The van der Waals surface area contributed by atoms with Crippen molar-refractivity contribution in [1.29, 1.82) is 0 Å². The first-order chi connectivity index (χ1) is 8.11. The van der Waals surface area contributed by atoms with E-state index in [9.17, 15) is 9.90 Å². The molecule has 6 heteroatoms. The molecule has 90 valence electrons. The van der Waals surface area contributed by atoms with Crippen molar-refractivity contribution in [3.63, 3.8) is 0 Å². The minimum atomic E-state index is -0.925. The maximum Gasteiger partial charge on any atom is 0.373 e. The third-order valence-electron chi connectivity index (χ3n) is 2.15. The van der Waals surface area contributed by atoms with Gasteiger partial charge in [-0.3, -0.25) is 0 Å². The highest BCUT2D eigenvalue weighted by atomic mass is 35.5. The summed E-state index contributed by atoms with van der Waals surface area (Å²) in [7, 11) is 1.26. The molecule has 2 aromatic rings.